The minimum atomic E-state index is -0.558. The van der Waals surface area contributed by atoms with Gasteiger partial charge in [-0.2, -0.15) is 0 Å². The van der Waals surface area contributed by atoms with Gasteiger partial charge in [-0.1, -0.05) is 12.2 Å². The summed E-state index contributed by atoms with van der Waals surface area (Å²) in [6.07, 6.45) is 6.08. The molecule has 1 saturated heterocycles. The zero-order valence-corrected chi connectivity index (χ0v) is 12.7. The summed E-state index contributed by atoms with van der Waals surface area (Å²) >= 11 is 0. The van der Waals surface area contributed by atoms with Crippen LogP contribution in [-0.2, 0) is 9.53 Å². The molecule has 2 amide bonds. The highest BCUT2D eigenvalue weighted by molar-refractivity contribution is 5.87. The van der Waals surface area contributed by atoms with Crippen molar-refractivity contribution in [3.05, 3.63) is 12.2 Å². The molecule has 0 aromatic heterocycles. The Morgan fingerprint density at radius 3 is 2.75 bits per heavy atom. The number of nitrogens with one attached hydrogen (secondary N) is 1. The number of fused-ring (bicyclic) bond motifs is 1. The lowest BCUT2D eigenvalue weighted by Gasteiger charge is -2.29. The number of carbonyl (C=O) groups is 2. The summed E-state index contributed by atoms with van der Waals surface area (Å²) in [4.78, 5) is 26.3. The maximum absolute atomic E-state index is 12.6. The first-order chi connectivity index (χ1) is 9.28. The molecule has 1 N–H and O–H groups in total. The monoisotopic (exact) mass is 280 g/mol. The molecule has 2 rings (SSSR count). The highest BCUT2D eigenvalue weighted by Gasteiger charge is 2.38. The second-order valence-electron chi connectivity index (χ2n) is 6.60. The molecule has 0 spiro atoms. The molecule has 0 aromatic carbocycles. The predicted octanol–water partition coefficient (Wildman–Crippen LogP) is 2.22. The maximum atomic E-state index is 12.6. The molecule has 0 bridgehead atoms. The summed E-state index contributed by atoms with van der Waals surface area (Å²) < 4.78 is 5.22. The van der Waals surface area contributed by atoms with Gasteiger partial charge < -0.3 is 15.0 Å². The van der Waals surface area contributed by atoms with Crippen molar-refractivity contribution in [1.29, 1.82) is 0 Å². The molecule has 5 heteroatoms. The Labute approximate surface area is 120 Å². The van der Waals surface area contributed by atoms with Gasteiger partial charge in [-0.15, -0.1) is 0 Å². The van der Waals surface area contributed by atoms with Crippen molar-refractivity contribution in [3.63, 3.8) is 0 Å². The first-order valence-corrected chi connectivity index (χ1v) is 7.26. The Morgan fingerprint density at radius 1 is 1.40 bits per heavy atom. The molecule has 2 aliphatic heterocycles. The number of rotatable bonds is 1. The van der Waals surface area contributed by atoms with Crippen LogP contribution in [0.15, 0.2) is 12.2 Å². The molecule has 112 valence electrons. The largest absolute Gasteiger partial charge is 0.444 e. The standard InChI is InChI=1S/C15H24N2O3/c1-10-8-9-11-6-5-7-12(13(18)17(10)11)16-14(19)20-15(2,3)4/h5-6,10-12H,7-9H2,1-4H3,(H,16,19)/t10-,11+,12+/m1/s1. The summed E-state index contributed by atoms with van der Waals surface area (Å²) in [5, 5.41) is 2.69. The molecular formula is C15H24N2O3. The van der Waals surface area contributed by atoms with Gasteiger partial charge in [0.05, 0.1) is 6.04 Å². The van der Waals surface area contributed by atoms with Crippen LogP contribution < -0.4 is 5.32 Å². The van der Waals surface area contributed by atoms with Gasteiger partial charge in [0.15, 0.2) is 0 Å². The lowest BCUT2D eigenvalue weighted by atomic mass is 10.1. The zero-order chi connectivity index (χ0) is 14.9. The summed E-state index contributed by atoms with van der Waals surface area (Å²) in [6, 6.07) is -0.104. The summed E-state index contributed by atoms with van der Waals surface area (Å²) in [6.45, 7) is 7.47. The third-order valence-corrected chi connectivity index (χ3v) is 3.69. The molecular weight excluding hydrogens is 256 g/mol. The van der Waals surface area contributed by atoms with Crippen molar-refractivity contribution in [3.8, 4) is 0 Å². The van der Waals surface area contributed by atoms with Crippen molar-refractivity contribution >= 4 is 12.0 Å². The van der Waals surface area contributed by atoms with Crippen LogP contribution in [0.2, 0.25) is 0 Å². The second kappa shape index (κ2) is 5.46. The molecule has 3 atom stereocenters. The smallest absolute Gasteiger partial charge is 0.408 e. The average Bonchev–Trinajstić information content (AvgIpc) is 2.58. The molecule has 0 aromatic rings. The molecule has 2 aliphatic rings. The van der Waals surface area contributed by atoms with E-state index >= 15 is 0 Å². The van der Waals surface area contributed by atoms with Crippen molar-refractivity contribution < 1.29 is 14.3 Å². The summed E-state index contributed by atoms with van der Waals surface area (Å²) in [5.74, 6) is -0.00383. The Morgan fingerprint density at radius 2 is 2.10 bits per heavy atom. The van der Waals surface area contributed by atoms with Crippen molar-refractivity contribution in [2.24, 2.45) is 0 Å². The van der Waals surface area contributed by atoms with Crippen LogP contribution in [0.3, 0.4) is 0 Å². The van der Waals surface area contributed by atoms with Gasteiger partial charge in [-0.3, -0.25) is 4.79 Å². The van der Waals surface area contributed by atoms with Gasteiger partial charge in [-0.05, 0) is 47.0 Å². The molecule has 2 heterocycles. The third kappa shape index (κ3) is 3.32. The van der Waals surface area contributed by atoms with E-state index in [1.54, 1.807) is 20.8 Å². The molecule has 0 unspecified atom stereocenters. The van der Waals surface area contributed by atoms with Crippen molar-refractivity contribution in [2.45, 2.75) is 70.7 Å². The Bertz CT molecular complexity index is 425. The van der Waals surface area contributed by atoms with E-state index in [9.17, 15) is 9.59 Å². The summed E-state index contributed by atoms with van der Waals surface area (Å²) in [7, 11) is 0. The molecule has 1 fully saturated rings. The predicted molar refractivity (Wildman–Crippen MR) is 76.2 cm³/mol. The van der Waals surface area contributed by atoms with Crippen LogP contribution in [0.1, 0.15) is 47.0 Å². The lowest BCUT2D eigenvalue weighted by Crippen LogP contribution is -2.51. The molecule has 0 radical (unpaired) electrons. The van der Waals surface area contributed by atoms with Crippen LogP contribution in [0, 0.1) is 0 Å². The van der Waals surface area contributed by atoms with E-state index in [0.717, 1.165) is 12.8 Å². The molecule has 0 aliphatic carbocycles. The lowest BCUT2D eigenvalue weighted by molar-refractivity contribution is -0.134. The van der Waals surface area contributed by atoms with E-state index in [4.69, 9.17) is 4.74 Å². The van der Waals surface area contributed by atoms with Crippen molar-refractivity contribution in [2.75, 3.05) is 0 Å². The van der Waals surface area contributed by atoms with Gasteiger partial charge in [0.2, 0.25) is 5.91 Å². The normalized spacial score (nSPS) is 29.9. The zero-order valence-electron chi connectivity index (χ0n) is 12.7. The van der Waals surface area contributed by atoms with Crippen molar-refractivity contribution in [1.82, 2.24) is 10.2 Å². The minimum absolute atomic E-state index is 0.00383. The number of hydrogen-bond acceptors (Lipinski definition) is 3. The molecule has 20 heavy (non-hydrogen) atoms. The number of hydrogen-bond donors (Lipinski definition) is 1. The number of amides is 2. The van der Waals surface area contributed by atoms with Crippen LogP contribution in [0.25, 0.3) is 0 Å². The first kappa shape index (κ1) is 14.9. The van der Waals surface area contributed by atoms with Gasteiger partial charge in [0.1, 0.15) is 11.6 Å². The Balaban J connectivity index is 2.03. The van der Waals surface area contributed by atoms with Gasteiger partial charge in [0, 0.05) is 6.04 Å². The van der Waals surface area contributed by atoms with E-state index < -0.39 is 17.7 Å². The fourth-order valence-electron chi connectivity index (χ4n) is 2.81. The van der Waals surface area contributed by atoms with Gasteiger partial charge in [0.25, 0.3) is 0 Å². The third-order valence-electron chi connectivity index (χ3n) is 3.69. The quantitative estimate of drug-likeness (QED) is 0.749. The fourth-order valence-corrected chi connectivity index (χ4v) is 2.81. The highest BCUT2D eigenvalue weighted by atomic mass is 16.6. The summed E-state index contributed by atoms with van der Waals surface area (Å²) in [5.41, 5.74) is -0.558. The Hall–Kier alpha value is -1.52. The van der Waals surface area contributed by atoms with Crippen LogP contribution in [-0.4, -0.2) is 40.6 Å². The fraction of sp³-hybridized carbons (Fsp3) is 0.733. The average molecular weight is 280 g/mol. The Kier molecular flexibility index (Phi) is 4.06. The second-order valence-corrected chi connectivity index (χ2v) is 6.60. The van der Waals surface area contributed by atoms with E-state index in [-0.39, 0.29) is 18.0 Å². The highest BCUT2D eigenvalue weighted by Crippen LogP contribution is 2.28. The number of carbonyl (C=O) groups excluding carboxylic acids is 2. The number of ether oxygens (including phenoxy) is 1. The van der Waals surface area contributed by atoms with E-state index in [1.165, 1.54) is 0 Å². The number of alkyl carbamates (subject to hydrolysis) is 1. The minimum Gasteiger partial charge on any atom is -0.444 e. The molecule has 0 saturated carbocycles. The van der Waals surface area contributed by atoms with Gasteiger partial charge >= 0.3 is 6.09 Å². The van der Waals surface area contributed by atoms with Gasteiger partial charge in [-0.25, -0.2) is 4.79 Å². The van der Waals surface area contributed by atoms with E-state index in [0.29, 0.717) is 6.42 Å². The van der Waals surface area contributed by atoms with Crippen LogP contribution in [0.4, 0.5) is 4.79 Å². The van der Waals surface area contributed by atoms with Crippen LogP contribution >= 0.6 is 0 Å². The van der Waals surface area contributed by atoms with E-state index in [2.05, 4.69) is 18.3 Å². The SMILES string of the molecule is C[C@@H]1CC[C@@H]2C=CC[C@H](NC(=O)OC(C)(C)C)C(=O)N12. The maximum Gasteiger partial charge on any atom is 0.408 e. The number of nitrogens with zero attached hydrogens (tertiary/aromatic N) is 1. The van der Waals surface area contributed by atoms with Crippen LogP contribution in [0.5, 0.6) is 0 Å². The topological polar surface area (TPSA) is 58.6 Å². The van der Waals surface area contributed by atoms with E-state index in [1.807, 2.05) is 11.0 Å². The first-order valence-electron chi connectivity index (χ1n) is 7.26. The molecule has 5 nitrogen and oxygen atoms in total.